The molecule has 0 radical (unpaired) electrons. The number of halogens is 3. The Bertz CT molecular complexity index is 728. The number of carbonyl (C=O) groups is 2. The molecule has 1 atom stereocenters. The zero-order valence-corrected chi connectivity index (χ0v) is 12.6. The van der Waals surface area contributed by atoms with Gasteiger partial charge in [0.05, 0.1) is 6.42 Å². The molecule has 2 aromatic rings. The van der Waals surface area contributed by atoms with E-state index in [4.69, 9.17) is 5.73 Å². The molecular formula is C17H15F3N2O2. The van der Waals surface area contributed by atoms with Crippen molar-refractivity contribution in [2.75, 3.05) is 0 Å². The fourth-order valence-electron chi connectivity index (χ4n) is 2.22. The first-order valence-electron chi connectivity index (χ1n) is 7.11. The Morgan fingerprint density at radius 1 is 0.917 bits per heavy atom. The maximum absolute atomic E-state index is 13.1. The molecule has 0 fully saturated rings. The Labute approximate surface area is 136 Å². The van der Waals surface area contributed by atoms with Gasteiger partial charge in [0, 0.05) is 12.5 Å². The van der Waals surface area contributed by atoms with Crippen molar-refractivity contribution in [3.8, 4) is 0 Å². The molecule has 4 nitrogen and oxygen atoms in total. The molecule has 0 aromatic heterocycles. The molecule has 0 saturated heterocycles. The van der Waals surface area contributed by atoms with Crippen LogP contribution >= 0.6 is 0 Å². The van der Waals surface area contributed by atoms with E-state index < -0.39 is 35.3 Å². The predicted octanol–water partition coefficient (Wildman–Crippen LogP) is 1.86. The third kappa shape index (κ3) is 5.12. The lowest BCUT2D eigenvalue weighted by molar-refractivity contribution is -0.127. The van der Waals surface area contributed by atoms with Gasteiger partial charge < -0.3 is 11.1 Å². The van der Waals surface area contributed by atoms with Gasteiger partial charge in [0.25, 0.3) is 0 Å². The average Bonchev–Trinajstić information content (AvgIpc) is 2.47. The molecule has 2 rings (SSSR count). The van der Waals surface area contributed by atoms with Crippen LogP contribution in [0.15, 0.2) is 42.5 Å². The quantitative estimate of drug-likeness (QED) is 0.845. The minimum absolute atomic E-state index is 0.0822. The van der Waals surface area contributed by atoms with Gasteiger partial charge in [-0.2, -0.15) is 0 Å². The molecule has 0 heterocycles. The number of carbonyl (C=O) groups excluding carboxylic acids is 2. The molecule has 0 saturated carbocycles. The highest BCUT2D eigenvalue weighted by Crippen LogP contribution is 2.10. The lowest BCUT2D eigenvalue weighted by Gasteiger charge is -2.15. The van der Waals surface area contributed by atoms with E-state index in [1.54, 1.807) is 0 Å². The topological polar surface area (TPSA) is 72.2 Å². The van der Waals surface area contributed by atoms with Crippen molar-refractivity contribution in [3.05, 3.63) is 71.0 Å². The SMILES string of the molecule is NC(=O)[C@@H](Cc1ccc(F)cc1)NC(=O)Cc1cc(F)cc(F)c1. The molecule has 2 aromatic carbocycles. The van der Waals surface area contributed by atoms with E-state index in [-0.39, 0.29) is 18.4 Å². The van der Waals surface area contributed by atoms with Crippen LogP contribution < -0.4 is 11.1 Å². The molecule has 0 aliphatic heterocycles. The van der Waals surface area contributed by atoms with Crippen LogP contribution in [0.25, 0.3) is 0 Å². The zero-order chi connectivity index (χ0) is 17.7. The summed E-state index contributed by atoms with van der Waals surface area (Å²) < 4.78 is 39.1. The van der Waals surface area contributed by atoms with E-state index in [9.17, 15) is 22.8 Å². The Morgan fingerprint density at radius 3 is 2.04 bits per heavy atom. The molecular weight excluding hydrogens is 321 g/mol. The van der Waals surface area contributed by atoms with Crippen molar-refractivity contribution >= 4 is 11.8 Å². The number of nitrogens with two attached hydrogens (primary N) is 1. The standard InChI is InChI=1S/C17H15F3N2O2/c18-12-3-1-10(2-4-12)7-15(17(21)24)22-16(23)8-11-5-13(19)9-14(20)6-11/h1-6,9,15H,7-8H2,(H2,21,24)(H,22,23)/t15-/m1/s1. The minimum Gasteiger partial charge on any atom is -0.368 e. The molecule has 0 aliphatic carbocycles. The fraction of sp³-hybridized carbons (Fsp3) is 0.176. The Balaban J connectivity index is 2.02. The first kappa shape index (κ1) is 17.5. The second kappa shape index (κ2) is 7.63. The molecule has 0 aliphatic rings. The van der Waals surface area contributed by atoms with Crippen molar-refractivity contribution in [2.24, 2.45) is 5.73 Å². The van der Waals surface area contributed by atoms with Gasteiger partial charge in [-0.15, -0.1) is 0 Å². The van der Waals surface area contributed by atoms with E-state index >= 15 is 0 Å². The van der Waals surface area contributed by atoms with E-state index in [1.165, 1.54) is 24.3 Å². The Kier molecular flexibility index (Phi) is 5.57. The highest BCUT2D eigenvalue weighted by Gasteiger charge is 2.19. The summed E-state index contributed by atoms with van der Waals surface area (Å²) in [6, 6.07) is 7.14. The van der Waals surface area contributed by atoms with Crippen molar-refractivity contribution in [1.82, 2.24) is 5.32 Å². The summed E-state index contributed by atoms with van der Waals surface area (Å²) in [7, 11) is 0. The maximum atomic E-state index is 13.1. The number of nitrogens with one attached hydrogen (secondary N) is 1. The van der Waals surface area contributed by atoms with Gasteiger partial charge in [0.2, 0.25) is 11.8 Å². The number of amides is 2. The summed E-state index contributed by atoms with van der Waals surface area (Å²) in [5, 5.41) is 2.41. The number of primary amides is 1. The Morgan fingerprint density at radius 2 is 1.50 bits per heavy atom. The number of benzene rings is 2. The molecule has 0 unspecified atom stereocenters. The fourth-order valence-corrected chi connectivity index (χ4v) is 2.22. The summed E-state index contributed by atoms with van der Waals surface area (Å²) in [5.41, 5.74) is 6.00. The molecule has 0 bridgehead atoms. The number of rotatable bonds is 6. The van der Waals surface area contributed by atoms with Gasteiger partial charge in [-0.25, -0.2) is 13.2 Å². The first-order chi connectivity index (χ1) is 11.3. The van der Waals surface area contributed by atoms with Crippen LogP contribution in [-0.4, -0.2) is 17.9 Å². The van der Waals surface area contributed by atoms with Crippen molar-refractivity contribution < 1.29 is 22.8 Å². The van der Waals surface area contributed by atoms with Crippen LogP contribution in [0.2, 0.25) is 0 Å². The van der Waals surface area contributed by atoms with Crippen LogP contribution in [0.3, 0.4) is 0 Å². The largest absolute Gasteiger partial charge is 0.368 e. The van der Waals surface area contributed by atoms with Gasteiger partial charge >= 0.3 is 0 Å². The third-order valence-electron chi connectivity index (χ3n) is 3.32. The second-order valence-electron chi connectivity index (χ2n) is 5.31. The third-order valence-corrected chi connectivity index (χ3v) is 3.32. The van der Waals surface area contributed by atoms with Crippen molar-refractivity contribution in [1.29, 1.82) is 0 Å². The van der Waals surface area contributed by atoms with E-state index in [0.717, 1.165) is 12.1 Å². The summed E-state index contributed by atoms with van der Waals surface area (Å²) in [5.74, 6) is -3.39. The van der Waals surface area contributed by atoms with Crippen LogP contribution in [0.1, 0.15) is 11.1 Å². The van der Waals surface area contributed by atoms with Crippen molar-refractivity contribution in [2.45, 2.75) is 18.9 Å². The van der Waals surface area contributed by atoms with Gasteiger partial charge in [0.15, 0.2) is 0 Å². The molecule has 24 heavy (non-hydrogen) atoms. The summed E-state index contributed by atoms with van der Waals surface area (Å²) in [6.07, 6.45) is -0.221. The lowest BCUT2D eigenvalue weighted by atomic mass is 10.0. The van der Waals surface area contributed by atoms with Gasteiger partial charge in [0.1, 0.15) is 23.5 Å². The van der Waals surface area contributed by atoms with E-state index in [2.05, 4.69) is 5.32 Å². The first-order valence-corrected chi connectivity index (χ1v) is 7.11. The number of hydrogen-bond donors (Lipinski definition) is 2. The molecule has 3 N–H and O–H groups in total. The summed E-state index contributed by atoms with van der Waals surface area (Å²) in [4.78, 5) is 23.5. The minimum atomic E-state index is -1.01. The summed E-state index contributed by atoms with van der Waals surface area (Å²) in [6.45, 7) is 0. The maximum Gasteiger partial charge on any atom is 0.240 e. The highest BCUT2D eigenvalue weighted by atomic mass is 19.1. The average molecular weight is 336 g/mol. The predicted molar refractivity (Wildman–Crippen MR) is 81.3 cm³/mol. The van der Waals surface area contributed by atoms with Crippen LogP contribution in [0, 0.1) is 17.5 Å². The van der Waals surface area contributed by atoms with Gasteiger partial charge in [-0.1, -0.05) is 12.1 Å². The monoisotopic (exact) mass is 336 g/mol. The molecule has 7 heteroatoms. The Hall–Kier alpha value is -2.83. The van der Waals surface area contributed by atoms with E-state index in [1.807, 2.05) is 0 Å². The van der Waals surface area contributed by atoms with Crippen LogP contribution in [-0.2, 0) is 22.4 Å². The van der Waals surface area contributed by atoms with Gasteiger partial charge in [-0.05, 0) is 35.4 Å². The lowest BCUT2D eigenvalue weighted by Crippen LogP contribution is -2.46. The zero-order valence-electron chi connectivity index (χ0n) is 12.6. The molecule has 126 valence electrons. The van der Waals surface area contributed by atoms with E-state index in [0.29, 0.717) is 11.6 Å². The normalized spacial score (nSPS) is 11.8. The highest BCUT2D eigenvalue weighted by molar-refractivity contribution is 5.87. The molecule has 0 spiro atoms. The summed E-state index contributed by atoms with van der Waals surface area (Å²) >= 11 is 0. The van der Waals surface area contributed by atoms with Crippen LogP contribution in [0.5, 0.6) is 0 Å². The van der Waals surface area contributed by atoms with Crippen LogP contribution in [0.4, 0.5) is 13.2 Å². The molecule has 2 amide bonds. The van der Waals surface area contributed by atoms with Crippen molar-refractivity contribution in [3.63, 3.8) is 0 Å². The number of hydrogen-bond acceptors (Lipinski definition) is 2. The smallest absolute Gasteiger partial charge is 0.240 e. The van der Waals surface area contributed by atoms with Gasteiger partial charge in [-0.3, -0.25) is 9.59 Å². The second-order valence-corrected chi connectivity index (χ2v) is 5.31.